The fourth-order valence-electron chi connectivity index (χ4n) is 1.31. The Morgan fingerprint density at radius 1 is 1.21 bits per heavy atom. The first-order chi connectivity index (χ1) is 6.81. The molecule has 2 aromatic rings. The molecular weight excluding hydrogens is 178 g/mol. The predicted molar refractivity (Wildman–Crippen MR) is 52.1 cm³/mol. The largest absolute Gasteiger partial charge is 0.294 e. The van der Waals surface area contributed by atoms with Crippen LogP contribution < -0.4 is 0 Å². The predicted octanol–water partition coefficient (Wildman–Crippen LogP) is 1.62. The van der Waals surface area contributed by atoms with Gasteiger partial charge in [-0.25, -0.2) is 0 Å². The van der Waals surface area contributed by atoms with Crippen molar-refractivity contribution in [3.05, 3.63) is 42.2 Å². The number of carbonyl (C=O) groups is 2. The molecule has 0 radical (unpaired) electrons. The van der Waals surface area contributed by atoms with Crippen LogP contribution in [0.5, 0.6) is 0 Å². The Kier molecular flexibility index (Phi) is 2.07. The summed E-state index contributed by atoms with van der Waals surface area (Å²) in [5.74, 6) is -0.504. The molecule has 0 atom stereocenters. The van der Waals surface area contributed by atoms with E-state index in [-0.39, 0.29) is 0 Å². The number of ketones is 1. The van der Waals surface area contributed by atoms with Gasteiger partial charge in [-0.3, -0.25) is 14.6 Å². The summed E-state index contributed by atoms with van der Waals surface area (Å²) >= 11 is 0. The third-order valence-corrected chi connectivity index (χ3v) is 2.03. The summed E-state index contributed by atoms with van der Waals surface area (Å²) in [6.45, 7) is 0. The lowest BCUT2D eigenvalue weighted by Gasteiger charge is -1.98. The first-order valence-corrected chi connectivity index (χ1v) is 4.14. The highest BCUT2D eigenvalue weighted by molar-refractivity contribution is 6.33. The van der Waals surface area contributed by atoms with Crippen molar-refractivity contribution >= 4 is 22.8 Å². The smallest absolute Gasteiger partial charge is 0.225 e. The molecule has 0 saturated carbocycles. The third kappa shape index (κ3) is 1.40. The molecule has 0 unspecified atom stereocenters. The van der Waals surface area contributed by atoms with E-state index in [1.54, 1.807) is 30.6 Å². The fraction of sp³-hybridized carbons (Fsp3) is 0. The number of hydrogen-bond donors (Lipinski definition) is 0. The average Bonchev–Trinajstić information content (AvgIpc) is 2.27. The van der Waals surface area contributed by atoms with Gasteiger partial charge in [0, 0.05) is 23.3 Å². The second kappa shape index (κ2) is 3.38. The van der Waals surface area contributed by atoms with E-state index < -0.39 is 5.78 Å². The lowest BCUT2D eigenvalue weighted by Crippen LogP contribution is -1.98. The zero-order chi connectivity index (χ0) is 9.97. The molecule has 0 aliphatic rings. The highest BCUT2D eigenvalue weighted by atomic mass is 16.2. The molecule has 0 spiro atoms. The van der Waals surface area contributed by atoms with E-state index in [0.29, 0.717) is 11.8 Å². The topological polar surface area (TPSA) is 47.0 Å². The molecule has 1 heterocycles. The zero-order valence-corrected chi connectivity index (χ0v) is 7.31. The summed E-state index contributed by atoms with van der Waals surface area (Å²) in [6.07, 6.45) is 3.66. The number of Topliss-reactive ketones (excluding diaryl/α,β-unsaturated/α-hetero) is 1. The second-order valence-corrected chi connectivity index (χ2v) is 2.92. The Morgan fingerprint density at radius 2 is 2.07 bits per heavy atom. The average molecular weight is 185 g/mol. The minimum atomic E-state index is -0.504. The van der Waals surface area contributed by atoms with Crippen molar-refractivity contribution in [3.63, 3.8) is 0 Å². The van der Waals surface area contributed by atoms with Gasteiger partial charge in [0.1, 0.15) is 0 Å². The van der Waals surface area contributed by atoms with Crippen LogP contribution in [-0.2, 0) is 4.79 Å². The van der Waals surface area contributed by atoms with Gasteiger partial charge in [0.05, 0.1) is 0 Å². The van der Waals surface area contributed by atoms with Crippen molar-refractivity contribution in [3.8, 4) is 0 Å². The van der Waals surface area contributed by atoms with Crippen LogP contribution in [0.1, 0.15) is 10.4 Å². The lowest BCUT2D eigenvalue weighted by molar-refractivity contribution is -0.104. The van der Waals surface area contributed by atoms with Crippen molar-refractivity contribution in [1.29, 1.82) is 0 Å². The summed E-state index contributed by atoms with van der Waals surface area (Å²) in [4.78, 5) is 25.3. The Hall–Kier alpha value is -2.03. The molecule has 0 aliphatic heterocycles. The minimum Gasteiger partial charge on any atom is -0.294 e. The van der Waals surface area contributed by atoms with E-state index in [1.807, 2.05) is 6.07 Å². The maximum absolute atomic E-state index is 11.1. The maximum atomic E-state index is 11.1. The second-order valence-electron chi connectivity index (χ2n) is 2.92. The van der Waals surface area contributed by atoms with Gasteiger partial charge in [0.15, 0.2) is 6.29 Å². The molecule has 14 heavy (non-hydrogen) atoms. The normalized spacial score (nSPS) is 10.0. The zero-order valence-electron chi connectivity index (χ0n) is 7.31. The Morgan fingerprint density at radius 3 is 2.86 bits per heavy atom. The number of carbonyl (C=O) groups excluding carboxylic acids is 2. The molecule has 3 heteroatoms. The van der Waals surface area contributed by atoms with Crippen LogP contribution >= 0.6 is 0 Å². The molecule has 0 fully saturated rings. The Balaban J connectivity index is 2.62. The fourth-order valence-corrected chi connectivity index (χ4v) is 1.31. The van der Waals surface area contributed by atoms with Crippen molar-refractivity contribution in [2.24, 2.45) is 0 Å². The maximum Gasteiger partial charge on any atom is 0.225 e. The number of rotatable bonds is 2. The quantitative estimate of drug-likeness (QED) is 0.405. The van der Waals surface area contributed by atoms with Gasteiger partial charge in [-0.1, -0.05) is 12.1 Å². The highest BCUT2D eigenvalue weighted by Crippen LogP contribution is 2.14. The Labute approximate surface area is 80.4 Å². The van der Waals surface area contributed by atoms with Gasteiger partial charge < -0.3 is 0 Å². The van der Waals surface area contributed by atoms with Crippen LogP contribution in [0.15, 0.2) is 36.7 Å². The first-order valence-electron chi connectivity index (χ1n) is 4.14. The third-order valence-electron chi connectivity index (χ3n) is 2.03. The van der Waals surface area contributed by atoms with Crippen molar-refractivity contribution < 1.29 is 9.59 Å². The monoisotopic (exact) mass is 185 g/mol. The van der Waals surface area contributed by atoms with E-state index in [2.05, 4.69) is 4.98 Å². The van der Waals surface area contributed by atoms with E-state index in [9.17, 15) is 9.59 Å². The molecule has 0 bridgehead atoms. The van der Waals surface area contributed by atoms with Crippen LogP contribution in [0.3, 0.4) is 0 Å². The number of pyridine rings is 1. The number of fused-ring (bicyclic) bond motifs is 1. The molecule has 3 nitrogen and oxygen atoms in total. The van der Waals surface area contributed by atoms with Crippen LogP contribution in [0.25, 0.3) is 10.8 Å². The summed E-state index contributed by atoms with van der Waals surface area (Å²) in [5.41, 5.74) is 0.403. The lowest BCUT2D eigenvalue weighted by atomic mass is 10.1. The number of aromatic nitrogens is 1. The van der Waals surface area contributed by atoms with Crippen molar-refractivity contribution in [2.45, 2.75) is 0 Å². The SMILES string of the molecule is O=CC(=O)c1ccc2ccncc2c1. The van der Waals surface area contributed by atoms with Crippen LogP contribution in [0.2, 0.25) is 0 Å². The van der Waals surface area contributed by atoms with Crippen molar-refractivity contribution in [1.82, 2.24) is 4.98 Å². The van der Waals surface area contributed by atoms with Gasteiger partial charge in [-0.05, 0) is 17.5 Å². The number of nitrogens with zero attached hydrogens (tertiary/aromatic N) is 1. The van der Waals surface area contributed by atoms with Gasteiger partial charge in [-0.15, -0.1) is 0 Å². The van der Waals surface area contributed by atoms with Crippen LogP contribution in [-0.4, -0.2) is 17.1 Å². The van der Waals surface area contributed by atoms with Crippen molar-refractivity contribution in [2.75, 3.05) is 0 Å². The number of hydrogen-bond acceptors (Lipinski definition) is 3. The Bertz CT molecular complexity index is 505. The van der Waals surface area contributed by atoms with E-state index in [0.717, 1.165) is 10.8 Å². The van der Waals surface area contributed by atoms with E-state index >= 15 is 0 Å². The van der Waals surface area contributed by atoms with E-state index in [4.69, 9.17) is 0 Å². The van der Waals surface area contributed by atoms with Crippen LogP contribution in [0, 0.1) is 0 Å². The molecule has 2 rings (SSSR count). The summed E-state index contributed by atoms with van der Waals surface area (Å²) in [5, 5.41) is 1.86. The molecule has 0 N–H and O–H groups in total. The highest BCUT2D eigenvalue weighted by Gasteiger charge is 2.03. The summed E-state index contributed by atoms with van der Waals surface area (Å²) in [6, 6.07) is 6.95. The molecule has 1 aromatic carbocycles. The van der Waals surface area contributed by atoms with Gasteiger partial charge in [0.2, 0.25) is 5.78 Å². The molecular formula is C11H7NO2. The molecule has 0 amide bonds. The minimum absolute atomic E-state index is 0.317. The number of aldehydes is 1. The van der Waals surface area contributed by atoms with Crippen LogP contribution in [0.4, 0.5) is 0 Å². The summed E-state index contributed by atoms with van der Waals surface area (Å²) in [7, 11) is 0. The number of benzene rings is 1. The molecule has 0 saturated heterocycles. The molecule has 0 aliphatic carbocycles. The van der Waals surface area contributed by atoms with Gasteiger partial charge >= 0.3 is 0 Å². The summed E-state index contributed by atoms with van der Waals surface area (Å²) < 4.78 is 0. The van der Waals surface area contributed by atoms with Gasteiger partial charge in [0.25, 0.3) is 0 Å². The molecule has 68 valence electrons. The standard InChI is InChI=1S/C11H7NO2/c13-7-11(14)9-2-1-8-3-4-12-6-10(8)5-9/h1-7H. The first kappa shape index (κ1) is 8.56. The molecule has 1 aromatic heterocycles. The van der Waals surface area contributed by atoms with Gasteiger partial charge in [-0.2, -0.15) is 0 Å². The van der Waals surface area contributed by atoms with E-state index in [1.165, 1.54) is 0 Å².